The summed E-state index contributed by atoms with van der Waals surface area (Å²) in [4.78, 5) is 10.5. The van der Waals surface area contributed by atoms with E-state index in [0.717, 1.165) is 8.95 Å². The normalized spacial score (nSPS) is 12.2. The third-order valence-corrected chi connectivity index (χ3v) is 2.95. The molecule has 0 radical (unpaired) electrons. The van der Waals surface area contributed by atoms with Gasteiger partial charge >= 0.3 is 5.97 Å². The number of carboxylic acid groups (broad SMARTS) is 1. The van der Waals surface area contributed by atoms with E-state index in [2.05, 4.69) is 31.9 Å². The standard InChI is InChI=1S/C10H10Br2O3/c1-6(5-9(13)14)15-10-7(11)3-2-4-8(10)12/h2-4,6H,5H2,1H3,(H,13,14)/t6-/m0/s1. The van der Waals surface area contributed by atoms with Crippen molar-refractivity contribution in [3.63, 3.8) is 0 Å². The van der Waals surface area contributed by atoms with Gasteiger partial charge < -0.3 is 9.84 Å². The van der Waals surface area contributed by atoms with Crippen LogP contribution in [0.15, 0.2) is 27.1 Å². The summed E-state index contributed by atoms with van der Waals surface area (Å²) < 4.78 is 7.11. The molecule has 0 spiro atoms. The van der Waals surface area contributed by atoms with Crippen molar-refractivity contribution in [1.29, 1.82) is 0 Å². The van der Waals surface area contributed by atoms with Gasteiger partial charge in [0.25, 0.3) is 0 Å². The highest BCUT2D eigenvalue weighted by atomic mass is 79.9. The molecule has 1 aromatic rings. The fraction of sp³-hybridized carbons (Fsp3) is 0.300. The minimum absolute atomic E-state index is 0.0201. The number of ether oxygens (including phenoxy) is 1. The lowest BCUT2D eigenvalue weighted by Crippen LogP contribution is -2.17. The number of hydrogen-bond donors (Lipinski definition) is 1. The van der Waals surface area contributed by atoms with Gasteiger partial charge in [0.05, 0.1) is 15.4 Å². The molecule has 82 valence electrons. The molecule has 15 heavy (non-hydrogen) atoms. The zero-order chi connectivity index (χ0) is 11.4. The van der Waals surface area contributed by atoms with Crippen molar-refractivity contribution in [1.82, 2.24) is 0 Å². The lowest BCUT2D eigenvalue weighted by Gasteiger charge is -2.15. The summed E-state index contributed by atoms with van der Waals surface area (Å²) >= 11 is 6.68. The summed E-state index contributed by atoms with van der Waals surface area (Å²) in [6, 6.07) is 5.55. The minimum Gasteiger partial charge on any atom is -0.488 e. The Kier molecular flexibility index (Phi) is 4.60. The molecule has 0 heterocycles. The smallest absolute Gasteiger partial charge is 0.307 e. The fourth-order valence-electron chi connectivity index (χ4n) is 1.08. The molecule has 3 nitrogen and oxygen atoms in total. The molecule has 0 saturated heterocycles. The molecule has 0 aliphatic carbocycles. The molecule has 1 rings (SSSR count). The number of aliphatic carboxylic acids is 1. The number of rotatable bonds is 4. The van der Waals surface area contributed by atoms with Gasteiger partial charge in [-0.05, 0) is 50.9 Å². The third kappa shape index (κ3) is 3.83. The van der Waals surface area contributed by atoms with Gasteiger partial charge in [0.1, 0.15) is 11.9 Å². The fourth-order valence-corrected chi connectivity index (χ4v) is 2.27. The molecule has 1 aromatic carbocycles. The number of hydrogen-bond acceptors (Lipinski definition) is 2. The van der Waals surface area contributed by atoms with Gasteiger partial charge in [0.2, 0.25) is 0 Å². The Bertz CT molecular complexity index is 345. The number of carboxylic acids is 1. The maximum absolute atomic E-state index is 10.5. The summed E-state index contributed by atoms with van der Waals surface area (Å²) in [5, 5.41) is 8.60. The average molecular weight is 338 g/mol. The lowest BCUT2D eigenvalue weighted by atomic mass is 10.3. The number of para-hydroxylation sites is 1. The highest BCUT2D eigenvalue weighted by molar-refractivity contribution is 9.11. The Morgan fingerprint density at radius 2 is 2.00 bits per heavy atom. The summed E-state index contributed by atoms with van der Waals surface area (Å²) in [5.41, 5.74) is 0. The maximum atomic E-state index is 10.5. The van der Waals surface area contributed by atoms with E-state index in [4.69, 9.17) is 9.84 Å². The molecule has 0 fully saturated rings. The van der Waals surface area contributed by atoms with Crippen molar-refractivity contribution in [2.75, 3.05) is 0 Å². The van der Waals surface area contributed by atoms with Gasteiger partial charge in [-0.1, -0.05) is 6.07 Å². The third-order valence-electron chi connectivity index (χ3n) is 1.70. The van der Waals surface area contributed by atoms with Crippen LogP contribution in [0, 0.1) is 0 Å². The van der Waals surface area contributed by atoms with Crippen molar-refractivity contribution in [3.05, 3.63) is 27.1 Å². The first kappa shape index (κ1) is 12.5. The van der Waals surface area contributed by atoms with E-state index >= 15 is 0 Å². The van der Waals surface area contributed by atoms with Crippen LogP contribution in [0.4, 0.5) is 0 Å². The number of halogens is 2. The van der Waals surface area contributed by atoms with Gasteiger partial charge in [0.15, 0.2) is 0 Å². The molecule has 0 saturated carbocycles. The molecule has 0 amide bonds. The van der Waals surface area contributed by atoms with Gasteiger partial charge in [-0.15, -0.1) is 0 Å². The van der Waals surface area contributed by atoms with E-state index in [-0.39, 0.29) is 12.5 Å². The molecule has 0 bridgehead atoms. The summed E-state index contributed by atoms with van der Waals surface area (Å²) in [7, 11) is 0. The van der Waals surface area contributed by atoms with Crippen LogP contribution < -0.4 is 4.74 Å². The predicted octanol–water partition coefficient (Wildman–Crippen LogP) is 3.45. The predicted molar refractivity (Wildman–Crippen MR) is 64.2 cm³/mol. The highest BCUT2D eigenvalue weighted by Gasteiger charge is 2.13. The second kappa shape index (κ2) is 5.51. The molecule has 0 aliphatic rings. The monoisotopic (exact) mass is 336 g/mol. The van der Waals surface area contributed by atoms with Crippen LogP contribution in [-0.4, -0.2) is 17.2 Å². The van der Waals surface area contributed by atoms with Crippen molar-refractivity contribution >= 4 is 37.8 Å². The first-order chi connectivity index (χ1) is 7.00. The summed E-state index contributed by atoms with van der Waals surface area (Å²) in [5.74, 6) is -0.239. The summed E-state index contributed by atoms with van der Waals surface area (Å²) in [6.07, 6.45) is -0.383. The van der Waals surface area contributed by atoms with Crippen molar-refractivity contribution in [2.24, 2.45) is 0 Å². The largest absolute Gasteiger partial charge is 0.488 e. The molecule has 5 heteroatoms. The molecule has 1 atom stereocenters. The van der Waals surface area contributed by atoms with E-state index in [0.29, 0.717) is 5.75 Å². The zero-order valence-electron chi connectivity index (χ0n) is 8.04. The number of benzene rings is 1. The Balaban J connectivity index is 2.76. The van der Waals surface area contributed by atoms with Gasteiger partial charge in [0, 0.05) is 0 Å². The van der Waals surface area contributed by atoms with Gasteiger partial charge in [-0.2, -0.15) is 0 Å². The average Bonchev–Trinajstić information content (AvgIpc) is 2.10. The highest BCUT2D eigenvalue weighted by Crippen LogP contribution is 2.33. The second-order valence-corrected chi connectivity index (χ2v) is 4.79. The molecule has 0 aliphatic heterocycles. The zero-order valence-corrected chi connectivity index (χ0v) is 11.2. The molecular formula is C10H10Br2O3. The molecule has 0 aromatic heterocycles. The first-order valence-electron chi connectivity index (χ1n) is 4.33. The van der Waals surface area contributed by atoms with Crippen LogP contribution in [0.2, 0.25) is 0 Å². The molecule has 0 unspecified atom stereocenters. The number of carbonyl (C=O) groups is 1. The Morgan fingerprint density at radius 3 is 2.47 bits per heavy atom. The van der Waals surface area contributed by atoms with Crippen molar-refractivity contribution < 1.29 is 14.6 Å². The lowest BCUT2D eigenvalue weighted by molar-refractivity contribution is -0.138. The molecule has 1 N–H and O–H groups in total. The van der Waals surface area contributed by atoms with E-state index < -0.39 is 5.97 Å². The van der Waals surface area contributed by atoms with Crippen molar-refractivity contribution in [3.8, 4) is 5.75 Å². The van der Waals surface area contributed by atoms with Crippen molar-refractivity contribution in [2.45, 2.75) is 19.4 Å². The quantitative estimate of drug-likeness (QED) is 0.915. The van der Waals surface area contributed by atoms with Crippen LogP contribution in [0.25, 0.3) is 0 Å². The van der Waals surface area contributed by atoms with E-state index in [1.807, 2.05) is 18.2 Å². The van der Waals surface area contributed by atoms with Gasteiger partial charge in [-0.3, -0.25) is 4.79 Å². The van der Waals surface area contributed by atoms with Crippen LogP contribution in [-0.2, 0) is 4.79 Å². The topological polar surface area (TPSA) is 46.5 Å². The van der Waals surface area contributed by atoms with E-state index in [9.17, 15) is 4.79 Å². The van der Waals surface area contributed by atoms with E-state index in [1.54, 1.807) is 6.92 Å². The van der Waals surface area contributed by atoms with Crippen LogP contribution in [0.1, 0.15) is 13.3 Å². The Morgan fingerprint density at radius 1 is 1.47 bits per heavy atom. The molecular weight excluding hydrogens is 328 g/mol. The van der Waals surface area contributed by atoms with Gasteiger partial charge in [-0.25, -0.2) is 0 Å². The summed E-state index contributed by atoms with van der Waals surface area (Å²) in [6.45, 7) is 1.72. The van der Waals surface area contributed by atoms with Crippen LogP contribution >= 0.6 is 31.9 Å². The second-order valence-electron chi connectivity index (χ2n) is 3.08. The maximum Gasteiger partial charge on any atom is 0.307 e. The first-order valence-corrected chi connectivity index (χ1v) is 5.91. The van der Waals surface area contributed by atoms with Crippen LogP contribution in [0.3, 0.4) is 0 Å². The minimum atomic E-state index is -0.870. The SMILES string of the molecule is C[C@@H](CC(=O)O)Oc1c(Br)cccc1Br. The van der Waals surface area contributed by atoms with Crippen LogP contribution in [0.5, 0.6) is 5.75 Å². The Labute approximate surface area is 105 Å². The Hall–Kier alpha value is -0.550. The van der Waals surface area contributed by atoms with E-state index in [1.165, 1.54) is 0 Å².